The van der Waals surface area contributed by atoms with Crippen LogP contribution in [-0.2, 0) is 0 Å². The monoisotopic (exact) mass is 182 g/mol. The first kappa shape index (κ1) is 8.81. The fraction of sp³-hybridized carbons (Fsp3) is 0.889. The van der Waals surface area contributed by atoms with Gasteiger partial charge in [0.2, 0.25) is 5.96 Å². The van der Waals surface area contributed by atoms with E-state index < -0.39 is 0 Å². The molecule has 2 aliphatic rings. The highest BCUT2D eigenvalue weighted by molar-refractivity contribution is 5.79. The minimum Gasteiger partial charge on any atom is -0.353 e. The first-order valence-corrected chi connectivity index (χ1v) is 4.99. The number of hydrazine groups is 1. The maximum absolute atomic E-state index is 5.36. The van der Waals surface area contributed by atoms with Crippen molar-refractivity contribution in [2.45, 2.75) is 38.6 Å². The second-order valence-electron chi connectivity index (χ2n) is 4.54. The molecule has 0 spiro atoms. The summed E-state index contributed by atoms with van der Waals surface area (Å²) >= 11 is 0. The third-order valence-corrected chi connectivity index (χ3v) is 2.78. The van der Waals surface area contributed by atoms with Crippen LogP contribution in [0.5, 0.6) is 0 Å². The van der Waals surface area contributed by atoms with Crippen LogP contribution in [0.1, 0.15) is 32.6 Å². The van der Waals surface area contributed by atoms with Crippen molar-refractivity contribution in [2.24, 2.45) is 16.3 Å². The topological polar surface area (TPSA) is 62.4 Å². The molecule has 0 radical (unpaired) electrons. The van der Waals surface area contributed by atoms with Crippen LogP contribution >= 0.6 is 0 Å². The number of rotatable bonds is 3. The van der Waals surface area contributed by atoms with Gasteiger partial charge < -0.3 is 5.32 Å². The summed E-state index contributed by atoms with van der Waals surface area (Å²) < 4.78 is 0. The van der Waals surface area contributed by atoms with Crippen molar-refractivity contribution in [3.8, 4) is 0 Å². The Morgan fingerprint density at radius 1 is 1.54 bits per heavy atom. The summed E-state index contributed by atoms with van der Waals surface area (Å²) in [5, 5.41) is 3.25. The third kappa shape index (κ3) is 2.59. The minimum absolute atomic E-state index is 0.466. The van der Waals surface area contributed by atoms with E-state index >= 15 is 0 Å². The maximum atomic E-state index is 5.36. The van der Waals surface area contributed by atoms with Crippen LogP contribution < -0.4 is 16.6 Å². The Bertz CT molecular complexity index is 216. The van der Waals surface area contributed by atoms with Gasteiger partial charge in [0.1, 0.15) is 0 Å². The summed E-state index contributed by atoms with van der Waals surface area (Å²) in [6.07, 6.45) is 5.10. The molecule has 0 aromatic rings. The van der Waals surface area contributed by atoms with E-state index in [2.05, 4.69) is 22.7 Å². The highest BCUT2D eigenvalue weighted by atomic mass is 15.3. The van der Waals surface area contributed by atoms with Gasteiger partial charge in [0, 0.05) is 12.6 Å². The quantitative estimate of drug-likeness (QED) is 0.255. The van der Waals surface area contributed by atoms with E-state index in [4.69, 9.17) is 5.84 Å². The van der Waals surface area contributed by atoms with Gasteiger partial charge in [0.15, 0.2) is 0 Å². The molecule has 0 aromatic heterocycles. The van der Waals surface area contributed by atoms with Crippen LogP contribution in [0.3, 0.4) is 0 Å². The first-order valence-electron chi connectivity index (χ1n) is 4.99. The van der Waals surface area contributed by atoms with Gasteiger partial charge in [-0.2, -0.15) is 0 Å². The number of hydrogen-bond donors (Lipinski definition) is 3. The Labute approximate surface area is 79.0 Å². The van der Waals surface area contributed by atoms with E-state index in [9.17, 15) is 0 Å². The van der Waals surface area contributed by atoms with Gasteiger partial charge in [-0.25, -0.2) is 5.84 Å². The van der Waals surface area contributed by atoms with E-state index in [1.165, 1.54) is 25.7 Å². The minimum atomic E-state index is 0.466. The average molecular weight is 182 g/mol. The molecule has 2 rings (SSSR count). The molecule has 0 bridgehead atoms. The molecule has 4 nitrogen and oxygen atoms in total. The molecule has 2 fully saturated rings. The molecule has 2 aliphatic carbocycles. The van der Waals surface area contributed by atoms with Crippen LogP contribution in [0.25, 0.3) is 0 Å². The lowest BCUT2D eigenvalue weighted by molar-refractivity contribution is 0.585. The summed E-state index contributed by atoms with van der Waals surface area (Å²) in [6.45, 7) is 3.16. The second kappa shape index (κ2) is 3.18. The number of nitrogens with two attached hydrogens (primary N) is 1. The Morgan fingerprint density at radius 2 is 2.23 bits per heavy atom. The van der Waals surface area contributed by atoms with Crippen molar-refractivity contribution in [3.05, 3.63) is 0 Å². The first-order chi connectivity index (χ1) is 6.22. The highest BCUT2D eigenvalue weighted by Crippen LogP contribution is 2.44. The molecule has 0 saturated heterocycles. The van der Waals surface area contributed by atoms with Crippen LogP contribution in [0.15, 0.2) is 4.99 Å². The lowest BCUT2D eigenvalue weighted by Gasteiger charge is -2.09. The molecule has 74 valence electrons. The van der Waals surface area contributed by atoms with Crippen LogP contribution in [-0.4, -0.2) is 18.5 Å². The van der Waals surface area contributed by atoms with Crippen molar-refractivity contribution in [2.75, 3.05) is 6.54 Å². The van der Waals surface area contributed by atoms with Crippen molar-refractivity contribution in [3.63, 3.8) is 0 Å². The number of aliphatic imine (C=N–C) groups is 1. The molecule has 0 aromatic carbocycles. The third-order valence-electron chi connectivity index (χ3n) is 2.78. The molecule has 4 heteroatoms. The molecular weight excluding hydrogens is 164 g/mol. The summed E-state index contributed by atoms with van der Waals surface area (Å²) in [5.41, 5.74) is 3.08. The highest BCUT2D eigenvalue weighted by Gasteiger charge is 2.37. The average Bonchev–Trinajstić information content (AvgIpc) is 2.98. The van der Waals surface area contributed by atoms with Gasteiger partial charge in [-0.3, -0.25) is 10.4 Å². The lowest BCUT2D eigenvalue weighted by Crippen LogP contribution is -2.42. The fourth-order valence-corrected chi connectivity index (χ4v) is 1.20. The predicted octanol–water partition coefficient (Wildman–Crippen LogP) is 0.358. The summed E-state index contributed by atoms with van der Waals surface area (Å²) in [4.78, 5) is 4.43. The van der Waals surface area contributed by atoms with Gasteiger partial charge in [0.25, 0.3) is 0 Å². The summed E-state index contributed by atoms with van der Waals surface area (Å²) in [7, 11) is 0. The molecule has 0 amide bonds. The molecule has 13 heavy (non-hydrogen) atoms. The van der Waals surface area contributed by atoms with Gasteiger partial charge in [0.05, 0.1) is 0 Å². The lowest BCUT2D eigenvalue weighted by atomic mass is 10.1. The van der Waals surface area contributed by atoms with Gasteiger partial charge in [-0.05, 0) is 31.1 Å². The fourth-order valence-electron chi connectivity index (χ4n) is 1.20. The largest absolute Gasteiger partial charge is 0.353 e. The predicted molar refractivity (Wildman–Crippen MR) is 53.1 cm³/mol. The molecule has 0 unspecified atom stereocenters. The zero-order valence-electron chi connectivity index (χ0n) is 8.14. The molecule has 0 atom stereocenters. The van der Waals surface area contributed by atoms with E-state index in [-0.39, 0.29) is 0 Å². The van der Waals surface area contributed by atoms with Crippen LogP contribution in [0.4, 0.5) is 0 Å². The second-order valence-corrected chi connectivity index (χ2v) is 4.54. The Kier molecular flexibility index (Phi) is 2.15. The van der Waals surface area contributed by atoms with Crippen molar-refractivity contribution < 1.29 is 0 Å². The van der Waals surface area contributed by atoms with Gasteiger partial charge in [-0.15, -0.1) is 0 Å². The van der Waals surface area contributed by atoms with Crippen LogP contribution in [0.2, 0.25) is 0 Å². The van der Waals surface area contributed by atoms with Crippen molar-refractivity contribution in [1.82, 2.24) is 10.7 Å². The van der Waals surface area contributed by atoms with Gasteiger partial charge in [-0.1, -0.05) is 6.92 Å². The summed E-state index contributed by atoms with van der Waals surface area (Å²) in [5.74, 6) is 6.12. The van der Waals surface area contributed by atoms with E-state index in [0.717, 1.165) is 12.5 Å². The van der Waals surface area contributed by atoms with Gasteiger partial charge >= 0.3 is 0 Å². The number of nitrogens with one attached hydrogen (secondary N) is 2. The smallest absolute Gasteiger partial charge is 0.205 e. The molecular formula is C9H18N4. The normalized spacial score (nSPS) is 25.5. The number of hydrogen-bond acceptors (Lipinski definition) is 2. The number of nitrogens with zero attached hydrogens (tertiary/aromatic N) is 1. The summed E-state index contributed by atoms with van der Waals surface area (Å²) in [6, 6.07) is 0.613. The van der Waals surface area contributed by atoms with Crippen molar-refractivity contribution >= 4 is 5.96 Å². The van der Waals surface area contributed by atoms with E-state index in [0.29, 0.717) is 11.5 Å². The Morgan fingerprint density at radius 3 is 2.69 bits per heavy atom. The van der Waals surface area contributed by atoms with E-state index in [1.807, 2.05) is 0 Å². The maximum Gasteiger partial charge on any atom is 0.205 e. The van der Waals surface area contributed by atoms with Crippen LogP contribution in [0, 0.1) is 5.41 Å². The molecule has 2 saturated carbocycles. The molecule has 0 aliphatic heterocycles. The SMILES string of the molecule is CC1(CN=C(NN)NC2CC2)CC1. The Balaban J connectivity index is 1.79. The van der Waals surface area contributed by atoms with Crippen molar-refractivity contribution in [1.29, 1.82) is 0 Å². The molecule has 0 heterocycles. The standard InChI is InChI=1S/C9H18N4/c1-9(4-5-9)6-11-8(13-10)12-7-2-3-7/h7H,2-6,10H2,1H3,(H2,11,12,13). The zero-order valence-corrected chi connectivity index (χ0v) is 8.14. The van der Waals surface area contributed by atoms with E-state index in [1.54, 1.807) is 0 Å². The number of guanidine groups is 1. The zero-order chi connectivity index (χ0) is 9.31. The molecule has 4 N–H and O–H groups in total. The Hall–Kier alpha value is -0.770.